The Morgan fingerprint density at radius 1 is 1.27 bits per heavy atom. The van der Waals surface area contributed by atoms with Crippen LogP contribution in [-0.4, -0.2) is 36.8 Å². The van der Waals surface area contributed by atoms with Crippen LogP contribution in [0.5, 0.6) is 5.88 Å². The molecule has 0 aliphatic heterocycles. The minimum atomic E-state index is -4.18. The summed E-state index contributed by atoms with van der Waals surface area (Å²) in [6.45, 7) is 6.44. The Bertz CT molecular complexity index is 553. The minimum absolute atomic E-state index is 0. The molecule has 1 rings (SSSR count). The molecule has 0 aromatic carbocycles. The third kappa shape index (κ3) is 11.4. The summed E-state index contributed by atoms with van der Waals surface area (Å²) in [5, 5.41) is 5.61. The summed E-state index contributed by atoms with van der Waals surface area (Å²) in [6, 6.07) is 3.63. The Kier molecular flexibility index (Phi) is 11.6. The molecule has 2 N–H and O–H groups in total. The Morgan fingerprint density at radius 2 is 1.96 bits per heavy atom. The Morgan fingerprint density at radius 3 is 2.54 bits per heavy atom. The molecule has 150 valence electrons. The van der Waals surface area contributed by atoms with Crippen molar-refractivity contribution in [3.63, 3.8) is 0 Å². The molecular weight excluding hydrogens is 460 g/mol. The topological polar surface area (TPSA) is 58.5 Å². The molecule has 0 fully saturated rings. The Balaban J connectivity index is 0.00000625. The van der Waals surface area contributed by atoms with Gasteiger partial charge in [-0.2, -0.15) is 13.2 Å². The Labute approximate surface area is 170 Å². The van der Waals surface area contributed by atoms with E-state index < -0.39 is 12.6 Å². The SMILES string of the molecule is CN=C(NCCC(F)(F)F)NCc1ccnc(OC(C)CC(C)C)c1.I. The van der Waals surface area contributed by atoms with E-state index in [9.17, 15) is 13.2 Å². The molecule has 9 heteroatoms. The lowest BCUT2D eigenvalue weighted by Crippen LogP contribution is -2.38. The largest absolute Gasteiger partial charge is 0.475 e. The van der Waals surface area contributed by atoms with Crippen LogP contribution in [-0.2, 0) is 6.54 Å². The van der Waals surface area contributed by atoms with Crippen molar-refractivity contribution in [1.29, 1.82) is 0 Å². The van der Waals surface area contributed by atoms with Crippen LogP contribution in [0.25, 0.3) is 0 Å². The van der Waals surface area contributed by atoms with Gasteiger partial charge in [0.15, 0.2) is 5.96 Å². The van der Waals surface area contributed by atoms with Crippen LogP contribution in [0.15, 0.2) is 23.3 Å². The standard InChI is InChI=1S/C17H27F3N4O.HI/c1-12(2)9-13(3)25-15-10-14(5-7-22-15)11-24-16(21-4)23-8-6-17(18,19)20;/h5,7,10,12-13H,6,8-9,11H2,1-4H3,(H2,21,23,24);1H. The molecule has 0 radical (unpaired) electrons. The Hall–Kier alpha value is -1.26. The molecule has 0 saturated carbocycles. The van der Waals surface area contributed by atoms with E-state index in [-0.39, 0.29) is 36.6 Å². The minimum Gasteiger partial charge on any atom is -0.475 e. The van der Waals surface area contributed by atoms with Crippen molar-refractivity contribution in [2.75, 3.05) is 13.6 Å². The van der Waals surface area contributed by atoms with Crippen molar-refractivity contribution in [2.24, 2.45) is 10.9 Å². The van der Waals surface area contributed by atoms with Gasteiger partial charge in [0.2, 0.25) is 5.88 Å². The van der Waals surface area contributed by atoms with Gasteiger partial charge < -0.3 is 15.4 Å². The number of aliphatic imine (C=N–C) groups is 1. The predicted octanol–water partition coefficient (Wildman–Crippen LogP) is 4.13. The smallest absolute Gasteiger partial charge is 0.390 e. The average Bonchev–Trinajstić information content (AvgIpc) is 2.49. The molecule has 1 unspecified atom stereocenters. The number of pyridine rings is 1. The predicted molar refractivity (Wildman–Crippen MR) is 108 cm³/mol. The molecule has 1 aromatic heterocycles. The van der Waals surface area contributed by atoms with Gasteiger partial charge >= 0.3 is 6.18 Å². The maximum Gasteiger partial charge on any atom is 0.390 e. The van der Waals surface area contributed by atoms with Gasteiger partial charge in [-0.1, -0.05) is 13.8 Å². The first-order chi connectivity index (χ1) is 11.7. The number of hydrogen-bond acceptors (Lipinski definition) is 3. The summed E-state index contributed by atoms with van der Waals surface area (Å²) < 4.78 is 42.3. The lowest BCUT2D eigenvalue weighted by atomic mass is 10.1. The molecule has 1 heterocycles. The van der Waals surface area contributed by atoms with Gasteiger partial charge in [0.05, 0.1) is 12.5 Å². The third-order valence-electron chi connectivity index (χ3n) is 3.31. The number of halogens is 4. The molecule has 0 saturated heterocycles. The second kappa shape index (κ2) is 12.2. The lowest BCUT2D eigenvalue weighted by Gasteiger charge is -2.16. The number of nitrogens with one attached hydrogen (secondary N) is 2. The molecule has 0 aliphatic carbocycles. The van der Waals surface area contributed by atoms with Crippen molar-refractivity contribution in [2.45, 2.75) is 52.4 Å². The fourth-order valence-corrected chi connectivity index (χ4v) is 2.27. The summed E-state index contributed by atoms with van der Waals surface area (Å²) >= 11 is 0. The fraction of sp³-hybridized carbons (Fsp3) is 0.647. The quantitative estimate of drug-likeness (QED) is 0.328. The highest BCUT2D eigenvalue weighted by Gasteiger charge is 2.26. The molecule has 5 nitrogen and oxygen atoms in total. The maximum absolute atomic E-state index is 12.2. The van der Waals surface area contributed by atoms with E-state index in [1.807, 2.05) is 19.1 Å². The number of alkyl halides is 3. The van der Waals surface area contributed by atoms with Crippen LogP contribution in [0.1, 0.15) is 39.2 Å². The summed E-state index contributed by atoms with van der Waals surface area (Å²) in [6.07, 6.45) is -2.45. The normalized spacial score (nSPS) is 13.2. The molecule has 0 aliphatic rings. The van der Waals surface area contributed by atoms with Crippen molar-refractivity contribution in [1.82, 2.24) is 15.6 Å². The van der Waals surface area contributed by atoms with E-state index in [1.165, 1.54) is 7.05 Å². The molecule has 0 bridgehead atoms. The van der Waals surface area contributed by atoms with Crippen molar-refractivity contribution < 1.29 is 17.9 Å². The monoisotopic (exact) mass is 488 g/mol. The zero-order valence-electron chi connectivity index (χ0n) is 15.6. The van der Waals surface area contributed by atoms with Crippen molar-refractivity contribution in [3.8, 4) is 5.88 Å². The van der Waals surface area contributed by atoms with E-state index in [1.54, 1.807) is 6.20 Å². The summed E-state index contributed by atoms with van der Waals surface area (Å²) in [5.41, 5.74) is 0.903. The lowest BCUT2D eigenvalue weighted by molar-refractivity contribution is -0.132. The van der Waals surface area contributed by atoms with Crippen LogP contribution in [0, 0.1) is 5.92 Å². The van der Waals surface area contributed by atoms with Gasteiger partial charge in [0, 0.05) is 32.4 Å². The number of nitrogens with zero attached hydrogens (tertiary/aromatic N) is 2. The first kappa shape index (κ1) is 24.7. The summed E-state index contributed by atoms with van der Waals surface area (Å²) in [4.78, 5) is 8.10. The first-order valence-electron chi connectivity index (χ1n) is 8.32. The molecule has 0 amide bonds. The zero-order chi connectivity index (χ0) is 18.9. The zero-order valence-corrected chi connectivity index (χ0v) is 17.9. The number of aromatic nitrogens is 1. The van der Waals surface area contributed by atoms with Gasteiger partial charge in [0.25, 0.3) is 0 Å². The van der Waals surface area contributed by atoms with Crippen LogP contribution < -0.4 is 15.4 Å². The molecule has 1 atom stereocenters. The number of guanidine groups is 1. The van der Waals surface area contributed by atoms with E-state index in [4.69, 9.17) is 4.74 Å². The van der Waals surface area contributed by atoms with Crippen LogP contribution in [0.2, 0.25) is 0 Å². The highest BCUT2D eigenvalue weighted by molar-refractivity contribution is 14.0. The first-order valence-corrected chi connectivity index (χ1v) is 8.32. The van der Waals surface area contributed by atoms with Gasteiger partial charge in [0.1, 0.15) is 0 Å². The van der Waals surface area contributed by atoms with Gasteiger partial charge in [-0.15, -0.1) is 24.0 Å². The summed E-state index contributed by atoms with van der Waals surface area (Å²) in [7, 11) is 1.51. The fourth-order valence-electron chi connectivity index (χ4n) is 2.27. The van der Waals surface area contributed by atoms with E-state index >= 15 is 0 Å². The van der Waals surface area contributed by atoms with Crippen molar-refractivity contribution in [3.05, 3.63) is 23.9 Å². The van der Waals surface area contributed by atoms with E-state index in [0.29, 0.717) is 24.3 Å². The van der Waals surface area contributed by atoms with Crippen LogP contribution in [0.4, 0.5) is 13.2 Å². The molecule has 26 heavy (non-hydrogen) atoms. The molecule has 1 aromatic rings. The van der Waals surface area contributed by atoms with Gasteiger partial charge in [-0.05, 0) is 30.9 Å². The van der Waals surface area contributed by atoms with Crippen LogP contribution >= 0.6 is 24.0 Å². The van der Waals surface area contributed by atoms with Gasteiger partial charge in [-0.25, -0.2) is 4.98 Å². The highest BCUT2D eigenvalue weighted by Crippen LogP contribution is 2.18. The highest BCUT2D eigenvalue weighted by atomic mass is 127. The van der Waals surface area contributed by atoms with E-state index in [0.717, 1.165) is 12.0 Å². The second-order valence-corrected chi connectivity index (χ2v) is 6.28. The summed E-state index contributed by atoms with van der Waals surface area (Å²) in [5.74, 6) is 1.38. The number of ether oxygens (including phenoxy) is 1. The van der Waals surface area contributed by atoms with Gasteiger partial charge in [-0.3, -0.25) is 4.99 Å². The van der Waals surface area contributed by atoms with E-state index in [2.05, 4.69) is 34.5 Å². The second-order valence-electron chi connectivity index (χ2n) is 6.28. The average molecular weight is 488 g/mol. The third-order valence-corrected chi connectivity index (χ3v) is 3.31. The van der Waals surface area contributed by atoms with Crippen molar-refractivity contribution >= 4 is 29.9 Å². The molecule has 0 spiro atoms. The number of rotatable bonds is 8. The molecular formula is C17H28F3IN4O. The van der Waals surface area contributed by atoms with Crippen LogP contribution in [0.3, 0.4) is 0 Å². The maximum atomic E-state index is 12.2. The number of hydrogen-bond donors (Lipinski definition) is 2.